The van der Waals surface area contributed by atoms with E-state index >= 15 is 0 Å². The van der Waals surface area contributed by atoms with Crippen molar-refractivity contribution in [3.63, 3.8) is 0 Å². The summed E-state index contributed by atoms with van der Waals surface area (Å²) in [6.45, 7) is 2.05. The van der Waals surface area contributed by atoms with Crippen LogP contribution in [0.1, 0.15) is 51.0 Å². The lowest BCUT2D eigenvalue weighted by Crippen LogP contribution is -2.33. The largest absolute Gasteiger partial charge is 0.322 e. The van der Waals surface area contributed by atoms with Gasteiger partial charge in [-0.2, -0.15) is 0 Å². The predicted molar refractivity (Wildman–Crippen MR) is 69.1 cm³/mol. The third kappa shape index (κ3) is 3.29. The Morgan fingerprint density at radius 3 is 2.41 bits per heavy atom. The highest BCUT2D eigenvalue weighted by Gasteiger charge is 2.24. The van der Waals surface area contributed by atoms with Crippen molar-refractivity contribution in [1.29, 1.82) is 0 Å². The highest BCUT2D eigenvalue weighted by atomic mass is 19.1. The Balaban J connectivity index is 1.94. The minimum Gasteiger partial charge on any atom is -0.322 e. The van der Waals surface area contributed by atoms with Gasteiger partial charge in [-0.1, -0.05) is 37.8 Å². The smallest absolute Gasteiger partial charge is 0.123 e. The highest BCUT2D eigenvalue weighted by molar-refractivity contribution is 5.23. The molecule has 2 N–H and O–H groups in total. The molecule has 1 saturated carbocycles. The van der Waals surface area contributed by atoms with Gasteiger partial charge >= 0.3 is 0 Å². The number of hydrogen-bond donors (Lipinski definition) is 1. The van der Waals surface area contributed by atoms with E-state index in [1.54, 1.807) is 0 Å². The van der Waals surface area contributed by atoms with E-state index in [9.17, 15) is 4.39 Å². The second-order valence-corrected chi connectivity index (χ2v) is 5.61. The van der Waals surface area contributed by atoms with Crippen LogP contribution < -0.4 is 5.73 Å². The van der Waals surface area contributed by atoms with Crippen molar-refractivity contribution in [2.75, 3.05) is 0 Å². The first-order valence-electron chi connectivity index (χ1n) is 6.63. The molecule has 0 saturated heterocycles. The lowest BCUT2D eigenvalue weighted by molar-refractivity contribution is 0.373. The first-order valence-corrected chi connectivity index (χ1v) is 6.63. The fraction of sp³-hybridized carbons (Fsp3) is 0.600. The Kier molecular flexibility index (Phi) is 3.82. The van der Waals surface area contributed by atoms with Gasteiger partial charge in [0.25, 0.3) is 0 Å². The van der Waals surface area contributed by atoms with E-state index in [4.69, 9.17) is 5.73 Å². The number of hydrogen-bond acceptors (Lipinski definition) is 1. The average molecular weight is 235 g/mol. The SMILES string of the molecule is CC(N)(CCC1CCCC1)c1ccc(F)cc1. The van der Waals surface area contributed by atoms with Crippen LogP contribution in [0.2, 0.25) is 0 Å². The van der Waals surface area contributed by atoms with E-state index in [1.165, 1.54) is 44.2 Å². The van der Waals surface area contributed by atoms with E-state index in [0.717, 1.165) is 17.9 Å². The van der Waals surface area contributed by atoms with E-state index in [0.29, 0.717) is 0 Å². The molecule has 0 bridgehead atoms. The van der Waals surface area contributed by atoms with Crippen LogP contribution in [0.4, 0.5) is 4.39 Å². The van der Waals surface area contributed by atoms with Crippen molar-refractivity contribution in [3.8, 4) is 0 Å². The molecule has 94 valence electrons. The van der Waals surface area contributed by atoms with Crippen LogP contribution in [-0.4, -0.2) is 0 Å². The van der Waals surface area contributed by atoms with Crippen LogP contribution in [0.25, 0.3) is 0 Å². The van der Waals surface area contributed by atoms with Gasteiger partial charge in [0.15, 0.2) is 0 Å². The van der Waals surface area contributed by atoms with E-state index in [1.807, 2.05) is 12.1 Å². The van der Waals surface area contributed by atoms with E-state index in [-0.39, 0.29) is 11.4 Å². The van der Waals surface area contributed by atoms with E-state index in [2.05, 4.69) is 6.92 Å². The Morgan fingerprint density at radius 1 is 1.24 bits per heavy atom. The quantitative estimate of drug-likeness (QED) is 0.839. The molecule has 1 aliphatic carbocycles. The second-order valence-electron chi connectivity index (χ2n) is 5.61. The molecule has 0 heterocycles. The number of halogens is 1. The number of rotatable bonds is 4. The fourth-order valence-electron chi connectivity index (χ4n) is 2.78. The summed E-state index contributed by atoms with van der Waals surface area (Å²) >= 11 is 0. The van der Waals surface area contributed by atoms with Crippen LogP contribution in [0.5, 0.6) is 0 Å². The summed E-state index contributed by atoms with van der Waals surface area (Å²) in [7, 11) is 0. The summed E-state index contributed by atoms with van der Waals surface area (Å²) in [5, 5.41) is 0. The van der Waals surface area contributed by atoms with Crippen molar-refractivity contribution in [2.24, 2.45) is 11.7 Å². The second kappa shape index (κ2) is 5.18. The molecule has 1 aromatic rings. The third-order valence-electron chi connectivity index (χ3n) is 4.05. The summed E-state index contributed by atoms with van der Waals surface area (Å²) in [5.41, 5.74) is 7.06. The molecule has 1 atom stereocenters. The molecule has 2 rings (SSSR count). The molecule has 1 fully saturated rings. The average Bonchev–Trinajstić information content (AvgIpc) is 2.80. The summed E-state index contributed by atoms with van der Waals surface area (Å²) in [6, 6.07) is 6.61. The summed E-state index contributed by atoms with van der Waals surface area (Å²) < 4.78 is 12.9. The number of nitrogens with two attached hydrogens (primary N) is 1. The standard InChI is InChI=1S/C15H22FN/c1-15(17,11-10-12-4-2-3-5-12)13-6-8-14(16)9-7-13/h6-9,12H,2-5,10-11,17H2,1H3. The van der Waals surface area contributed by atoms with Gasteiger partial charge in [-0.3, -0.25) is 0 Å². The maximum atomic E-state index is 12.9. The molecule has 1 nitrogen and oxygen atoms in total. The van der Waals surface area contributed by atoms with Crippen molar-refractivity contribution in [2.45, 2.75) is 51.0 Å². The van der Waals surface area contributed by atoms with Gasteiger partial charge in [-0.15, -0.1) is 0 Å². The van der Waals surface area contributed by atoms with Gasteiger partial charge in [0.1, 0.15) is 5.82 Å². The van der Waals surface area contributed by atoms with Crippen LogP contribution >= 0.6 is 0 Å². The predicted octanol–water partition coefficient (Wildman–Crippen LogP) is 3.97. The molecular weight excluding hydrogens is 213 g/mol. The summed E-state index contributed by atoms with van der Waals surface area (Å²) in [4.78, 5) is 0. The lowest BCUT2D eigenvalue weighted by Gasteiger charge is -2.26. The molecule has 1 aromatic carbocycles. The van der Waals surface area contributed by atoms with Crippen LogP contribution in [0.3, 0.4) is 0 Å². The molecule has 0 aliphatic heterocycles. The van der Waals surface area contributed by atoms with Crippen molar-refractivity contribution >= 4 is 0 Å². The molecule has 0 spiro atoms. The molecule has 17 heavy (non-hydrogen) atoms. The molecule has 1 aliphatic rings. The molecule has 0 radical (unpaired) electrons. The van der Waals surface area contributed by atoms with Gasteiger partial charge in [0.2, 0.25) is 0 Å². The number of benzene rings is 1. The van der Waals surface area contributed by atoms with Crippen molar-refractivity contribution in [3.05, 3.63) is 35.6 Å². The van der Waals surface area contributed by atoms with Gasteiger partial charge in [0, 0.05) is 5.54 Å². The Bertz CT molecular complexity index is 350. The molecular formula is C15H22FN. The van der Waals surface area contributed by atoms with Gasteiger partial charge < -0.3 is 5.73 Å². The maximum Gasteiger partial charge on any atom is 0.123 e. The third-order valence-corrected chi connectivity index (χ3v) is 4.05. The van der Waals surface area contributed by atoms with Gasteiger partial charge in [-0.25, -0.2) is 4.39 Å². The topological polar surface area (TPSA) is 26.0 Å². The molecule has 1 unspecified atom stereocenters. The van der Waals surface area contributed by atoms with Crippen molar-refractivity contribution < 1.29 is 4.39 Å². The maximum absolute atomic E-state index is 12.9. The van der Waals surface area contributed by atoms with Gasteiger partial charge in [0.05, 0.1) is 0 Å². The van der Waals surface area contributed by atoms with Crippen molar-refractivity contribution in [1.82, 2.24) is 0 Å². The Labute approximate surface area is 103 Å². The summed E-state index contributed by atoms with van der Waals surface area (Å²) in [5.74, 6) is 0.665. The Hall–Kier alpha value is -0.890. The fourth-order valence-corrected chi connectivity index (χ4v) is 2.78. The summed E-state index contributed by atoms with van der Waals surface area (Å²) in [6.07, 6.45) is 7.66. The van der Waals surface area contributed by atoms with Crippen LogP contribution in [-0.2, 0) is 5.54 Å². The zero-order valence-corrected chi connectivity index (χ0v) is 10.6. The zero-order valence-electron chi connectivity index (χ0n) is 10.6. The minimum absolute atomic E-state index is 0.194. The normalized spacial score (nSPS) is 20.4. The lowest BCUT2D eigenvalue weighted by atomic mass is 9.85. The van der Waals surface area contributed by atoms with E-state index < -0.39 is 0 Å². The van der Waals surface area contributed by atoms with Crippen LogP contribution in [0, 0.1) is 11.7 Å². The monoisotopic (exact) mass is 235 g/mol. The van der Waals surface area contributed by atoms with Gasteiger partial charge in [-0.05, 0) is 43.4 Å². The molecule has 0 aromatic heterocycles. The molecule has 0 amide bonds. The molecule has 2 heteroatoms. The van der Waals surface area contributed by atoms with Crippen LogP contribution in [0.15, 0.2) is 24.3 Å². The minimum atomic E-state index is -0.323. The Morgan fingerprint density at radius 2 is 1.82 bits per heavy atom. The first-order chi connectivity index (χ1) is 8.08. The first kappa shape index (κ1) is 12.6. The zero-order chi connectivity index (χ0) is 12.3. The highest BCUT2D eigenvalue weighted by Crippen LogP contribution is 2.32.